The lowest BCUT2D eigenvalue weighted by molar-refractivity contribution is -0.137. The van der Waals surface area contributed by atoms with Gasteiger partial charge in [-0.1, -0.05) is 69.7 Å². The van der Waals surface area contributed by atoms with Gasteiger partial charge < -0.3 is 10.2 Å². The molecule has 0 spiro atoms. The quantitative estimate of drug-likeness (QED) is 0.420. The van der Waals surface area contributed by atoms with Crippen LogP contribution in [0.5, 0.6) is 0 Å². The van der Waals surface area contributed by atoms with Gasteiger partial charge in [-0.15, -0.1) is 0 Å². The highest BCUT2D eigenvalue weighted by molar-refractivity contribution is 5.84. The number of hydrogen-bond donors (Lipinski definition) is 2. The number of carbonyl (C=O) groups is 2. The van der Waals surface area contributed by atoms with Crippen LogP contribution in [0, 0.1) is 5.92 Å². The molecule has 0 amide bonds. The maximum absolute atomic E-state index is 12.4. The molecule has 0 aliphatic heterocycles. The summed E-state index contributed by atoms with van der Waals surface area (Å²) in [5.41, 5.74) is 2.19. The molecule has 4 nitrogen and oxygen atoms in total. The van der Waals surface area contributed by atoms with Crippen LogP contribution in [0.3, 0.4) is 0 Å². The number of carboxylic acid groups (broad SMARTS) is 1. The zero-order chi connectivity index (χ0) is 20.4. The summed E-state index contributed by atoms with van der Waals surface area (Å²) in [5, 5.41) is 19.0. The van der Waals surface area contributed by atoms with Crippen molar-refractivity contribution in [2.24, 2.45) is 5.92 Å². The molecule has 3 atom stereocenters. The number of aliphatic hydroxyl groups is 1. The summed E-state index contributed by atoms with van der Waals surface area (Å²) >= 11 is 0. The molecule has 4 heteroatoms. The Morgan fingerprint density at radius 2 is 1.79 bits per heavy atom. The molecular weight excluding hydrogens is 352 g/mol. The lowest BCUT2D eigenvalue weighted by atomic mass is 9.84. The summed E-state index contributed by atoms with van der Waals surface area (Å²) in [6.07, 6.45) is 10.1. The number of rotatable bonds is 13. The highest BCUT2D eigenvalue weighted by Gasteiger charge is 2.34. The van der Waals surface area contributed by atoms with Crippen LogP contribution in [0.25, 0.3) is 0 Å². The van der Waals surface area contributed by atoms with E-state index in [4.69, 9.17) is 5.11 Å². The van der Waals surface area contributed by atoms with Gasteiger partial charge in [-0.05, 0) is 42.7 Å². The van der Waals surface area contributed by atoms with Gasteiger partial charge in [-0.3, -0.25) is 9.59 Å². The molecular formula is C24H36O4. The Hall–Kier alpha value is -1.68. The van der Waals surface area contributed by atoms with Gasteiger partial charge in [-0.2, -0.15) is 0 Å². The molecule has 0 heterocycles. The SMILES string of the molecule is CCCCC[C@@H](O)c1ccc([C@@H]2CCC(=O)[C@@H]2CCCCCCC(=O)O)cc1. The minimum Gasteiger partial charge on any atom is -0.481 e. The average molecular weight is 389 g/mol. The number of hydrogen-bond acceptors (Lipinski definition) is 3. The van der Waals surface area contributed by atoms with Gasteiger partial charge in [0, 0.05) is 18.8 Å². The summed E-state index contributed by atoms with van der Waals surface area (Å²) in [6.45, 7) is 2.16. The van der Waals surface area contributed by atoms with Crippen molar-refractivity contribution in [3.8, 4) is 0 Å². The smallest absolute Gasteiger partial charge is 0.303 e. The molecule has 2 rings (SSSR count). The Morgan fingerprint density at radius 1 is 1.07 bits per heavy atom. The Bertz CT molecular complexity index is 608. The molecule has 1 aromatic rings. The standard InChI is InChI=1S/C24H36O4/c1-2-3-6-10-22(25)19-14-12-18(13-15-19)20-16-17-23(26)21(20)9-7-4-5-8-11-24(27)28/h12-15,20-22,25H,2-11,16-17H2,1H3,(H,27,28)/t20-,21+,22+/m0/s1. The molecule has 1 saturated carbocycles. The van der Waals surface area contributed by atoms with Crippen LogP contribution in [0.2, 0.25) is 0 Å². The largest absolute Gasteiger partial charge is 0.481 e. The minimum absolute atomic E-state index is 0.0970. The minimum atomic E-state index is -0.732. The molecule has 1 aromatic carbocycles. The van der Waals surface area contributed by atoms with E-state index in [1.54, 1.807) is 0 Å². The fraction of sp³-hybridized carbons (Fsp3) is 0.667. The van der Waals surface area contributed by atoms with E-state index in [-0.39, 0.29) is 18.3 Å². The Balaban J connectivity index is 1.84. The van der Waals surface area contributed by atoms with Crippen LogP contribution >= 0.6 is 0 Å². The molecule has 0 radical (unpaired) electrons. The lowest BCUT2D eigenvalue weighted by Crippen LogP contribution is -2.13. The van der Waals surface area contributed by atoms with Gasteiger partial charge in [0.1, 0.15) is 5.78 Å². The average Bonchev–Trinajstić information content (AvgIpc) is 3.05. The van der Waals surface area contributed by atoms with Gasteiger partial charge in [-0.25, -0.2) is 0 Å². The van der Waals surface area contributed by atoms with Crippen LogP contribution in [0.15, 0.2) is 24.3 Å². The zero-order valence-electron chi connectivity index (χ0n) is 17.2. The highest BCUT2D eigenvalue weighted by atomic mass is 16.4. The van der Waals surface area contributed by atoms with Gasteiger partial charge in [0.25, 0.3) is 0 Å². The van der Waals surface area contributed by atoms with Crippen LogP contribution in [0.4, 0.5) is 0 Å². The van der Waals surface area contributed by atoms with Gasteiger partial charge in [0.05, 0.1) is 6.10 Å². The van der Waals surface area contributed by atoms with Crippen molar-refractivity contribution in [1.82, 2.24) is 0 Å². The number of ketones is 1. The first kappa shape index (κ1) is 22.6. The number of unbranched alkanes of at least 4 members (excludes halogenated alkanes) is 5. The van der Waals surface area contributed by atoms with Crippen LogP contribution in [-0.4, -0.2) is 22.0 Å². The van der Waals surface area contributed by atoms with Crippen molar-refractivity contribution in [1.29, 1.82) is 0 Å². The predicted octanol–water partition coefficient (Wildman–Crippen LogP) is 5.79. The molecule has 156 valence electrons. The first-order chi connectivity index (χ1) is 13.5. The van der Waals surface area contributed by atoms with E-state index in [1.807, 2.05) is 12.1 Å². The van der Waals surface area contributed by atoms with E-state index < -0.39 is 12.1 Å². The summed E-state index contributed by atoms with van der Waals surface area (Å²) in [7, 11) is 0. The molecule has 28 heavy (non-hydrogen) atoms. The molecule has 0 unspecified atom stereocenters. The van der Waals surface area contributed by atoms with Crippen molar-refractivity contribution < 1.29 is 19.8 Å². The predicted molar refractivity (Wildman–Crippen MR) is 111 cm³/mol. The van der Waals surface area contributed by atoms with E-state index in [0.717, 1.165) is 69.8 Å². The van der Waals surface area contributed by atoms with Crippen LogP contribution in [0.1, 0.15) is 107 Å². The van der Waals surface area contributed by atoms with E-state index in [9.17, 15) is 14.7 Å². The Kier molecular flexibility index (Phi) is 9.69. The molecule has 0 saturated heterocycles. The molecule has 0 bridgehead atoms. The van der Waals surface area contributed by atoms with E-state index in [2.05, 4.69) is 19.1 Å². The number of carbonyl (C=O) groups excluding carboxylic acids is 1. The van der Waals surface area contributed by atoms with E-state index in [1.165, 1.54) is 5.56 Å². The summed E-state index contributed by atoms with van der Waals surface area (Å²) in [6, 6.07) is 8.25. The molecule has 2 N–H and O–H groups in total. The monoisotopic (exact) mass is 388 g/mol. The van der Waals surface area contributed by atoms with E-state index >= 15 is 0 Å². The first-order valence-electron chi connectivity index (χ1n) is 11.0. The fourth-order valence-corrected chi connectivity index (χ4v) is 4.38. The first-order valence-corrected chi connectivity index (χ1v) is 11.0. The van der Waals surface area contributed by atoms with Crippen LogP contribution < -0.4 is 0 Å². The maximum Gasteiger partial charge on any atom is 0.303 e. The molecule has 1 aliphatic carbocycles. The van der Waals surface area contributed by atoms with Crippen molar-refractivity contribution in [3.05, 3.63) is 35.4 Å². The maximum atomic E-state index is 12.4. The highest BCUT2D eigenvalue weighted by Crippen LogP contribution is 2.40. The molecule has 1 fully saturated rings. The fourth-order valence-electron chi connectivity index (χ4n) is 4.38. The molecule has 0 aromatic heterocycles. The van der Waals surface area contributed by atoms with Crippen molar-refractivity contribution in [3.63, 3.8) is 0 Å². The zero-order valence-corrected chi connectivity index (χ0v) is 17.2. The third kappa shape index (κ3) is 7.05. The van der Waals surface area contributed by atoms with Crippen molar-refractivity contribution >= 4 is 11.8 Å². The van der Waals surface area contributed by atoms with Gasteiger partial charge >= 0.3 is 5.97 Å². The van der Waals surface area contributed by atoms with Crippen molar-refractivity contribution in [2.45, 2.75) is 96.0 Å². The van der Waals surface area contributed by atoms with E-state index in [0.29, 0.717) is 12.2 Å². The van der Waals surface area contributed by atoms with Crippen LogP contribution in [-0.2, 0) is 9.59 Å². The third-order valence-electron chi connectivity index (χ3n) is 6.09. The number of aliphatic hydroxyl groups excluding tert-OH is 1. The number of Topliss-reactive ketones (excluding diaryl/α,β-unsaturated/α-hetero) is 1. The summed E-state index contributed by atoms with van der Waals surface area (Å²) < 4.78 is 0. The number of carboxylic acids is 1. The van der Waals surface area contributed by atoms with Gasteiger partial charge in [0.2, 0.25) is 0 Å². The second-order valence-electron chi connectivity index (χ2n) is 8.24. The summed E-state index contributed by atoms with van der Waals surface area (Å²) in [4.78, 5) is 22.9. The Morgan fingerprint density at radius 3 is 2.46 bits per heavy atom. The number of aliphatic carboxylic acids is 1. The third-order valence-corrected chi connectivity index (χ3v) is 6.09. The lowest BCUT2D eigenvalue weighted by Gasteiger charge is -2.20. The number of benzene rings is 1. The van der Waals surface area contributed by atoms with Crippen molar-refractivity contribution in [2.75, 3.05) is 0 Å². The Labute approximate surface area is 169 Å². The second-order valence-corrected chi connectivity index (χ2v) is 8.24. The summed E-state index contributed by atoms with van der Waals surface area (Å²) in [5.74, 6) is 0.0294. The van der Waals surface area contributed by atoms with Gasteiger partial charge in [0.15, 0.2) is 0 Å². The topological polar surface area (TPSA) is 74.6 Å². The normalized spacial score (nSPS) is 20.4. The molecule has 1 aliphatic rings. The second kappa shape index (κ2) is 12.0.